The highest BCUT2D eigenvalue weighted by atomic mass is 16.3. The highest BCUT2D eigenvalue weighted by molar-refractivity contribution is 5.58. The fraction of sp³-hybridized carbons (Fsp3) is 0.304. The Bertz CT molecular complexity index is 933. The first-order chi connectivity index (χ1) is 12.4. The second-order valence-corrected chi connectivity index (χ2v) is 7.93. The van der Waals surface area contributed by atoms with E-state index in [0.717, 1.165) is 25.4 Å². The van der Waals surface area contributed by atoms with Crippen molar-refractivity contribution < 1.29 is 4.42 Å². The van der Waals surface area contributed by atoms with Crippen molar-refractivity contribution in [3.05, 3.63) is 94.9 Å². The van der Waals surface area contributed by atoms with E-state index in [1.54, 1.807) is 28.5 Å². The topological polar surface area (TPSA) is 16.4 Å². The van der Waals surface area contributed by atoms with Gasteiger partial charge < -0.3 is 4.42 Å². The van der Waals surface area contributed by atoms with Gasteiger partial charge in [0.1, 0.15) is 5.76 Å². The molecule has 124 valence electrons. The molecule has 1 aliphatic heterocycles. The molecule has 1 saturated heterocycles. The molecule has 3 atom stereocenters. The lowest BCUT2D eigenvalue weighted by molar-refractivity contribution is 0.274. The first-order valence-corrected chi connectivity index (χ1v) is 9.28. The Morgan fingerprint density at radius 1 is 0.920 bits per heavy atom. The molecule has 0 N–H and O–H groups in total. The van der Waals surface area contributed by atoms with Crippen molar-refractivity contribution >= 4 is 0 Å². The van der Waals surface area contributed by atoms with Gasteiger partial charge in [-0.3, -0.25) is 4.90 Å². The number of rotatable bonds is 2. The molecule has 6 rings (SSSR count). The third-order valence-corrected chi connectivity index (χ3v) is 6.76. The van der Waals surface area contributed by atoms with E-state index >= 15 is 0 Å². The van der Waals surface area contributed by atoms with Crippen LogP contribution in [0.1, 0.15) is 46.3 Å². The first-order valence-electron chi connectivity index (χ1n) is 9.28. The summed E-state index contributed by atoms with van der Waals surface area (Å²) in [5.74, 6) is 2.25. The molecule has 0 amide bonds. The van der Waals surface area contributed by atoms with Gasteiger partial charge in [-0.2, -0.15) is 0 Å². The maximum atomic E-state index is 5.62. The molecule has 25 heavy (non-hydrogen) atoms. The van der Waals surface area contributed by atoms with Gasteiger partial charge in [0.2, 0.25) is 0 Å². The number of hydrogen-bond donors (Lipinski definition) is 0. The second-order valence-electron chi connectivity index (χ2n) is 7.93. The smallest absolute Gasteiger partial charge is 0.117 e. The van der Waals surface area contributed by atoms with Gasteiger partial charge in [0.25, 0.3) is 0 Å². The summed E-state index contributed by atoms with van der Waals surface area (Å²) in [6.07, 6.45) is 3.05. The van der Waals surface area contributed by atoms with E-state index in [1.807, 2.05) is 6.07 Å². The second kappa shape index (κ2) is 4.86. The van der Waals surface area contributed by atoms with Crippen LogP contribution in [-0.4, -0.2) is 18.0 Å². The lowest BCUT2D eigenvalue weighted by Gasteiger charge is -2.37. The Labute approximate surface area is 148 Å². The van der Waals surface area contributed by atoms with Gasteiger partial charge >= 0.3 is 0 Å². The Morgan fingerprint density at radius 2 is 1.72 bits per heavy atom. The predicted molar refractivity (Wildman–Crippen MR) is 97.7 cm³/mol. The van der Waals surface area contributed by atoms with Crippen molar-refractivity contribution in [1.82, 2.24) is 4.90 Å². The van der Waals surface area contributed by atoms with E-state index in [0.29, 0.717) is 11.8 Å². The molecule has 2 bridgehead atoms. The van der Waals surface area contributed by atoms with Crippen LogP contribution < -0.4 is 0 Å². The van der Waals surface area contributed by atoms with E-state index in [-0.39, 0.29) is 5.41 Å². The zero-order valence-electron chi connectivity index (χ0n) is 14.2. The van der Waals surface area contributed by atoms with Gasteiger partial charge in [-0.25, -0.2) is 0 Å². The summed E-state index contributed by atoms with van der Waals surface area (Å²) in [6.45, 7) is 3.18. The van der Waals surface area contributed by atoms with Crippen LogP contribution in [0, 0.1) is 0 Å². The largest absolute Gasteiger partial charge is 0.468 e. The molecule has 0 radical (unpaired) electrons. The molecule has 0 saturated carbocycles. The van der Waals surface area contributed by atoms with Crippen molar-refractivity contribution in [3.63, 3.8) is 0 Å². The Kier molecular flexibility index (Phi) is 2.70. The van der Waals surface area contributed by atoms with Crippen molar-refractivity contribution in [2.45, 2.75) is 30.2 Å². The summed E-state index contributed by atoms with van der Waals surface area (Å²) in [6, 6.07) is 22.5. The zero-order valence-corrected chi connectivity index (χ0v) is 14.2. The molecular weight excluding hydrogens is 306 g/mol. The molecule has 2 nitrogen and oxygen atoms in total. The molecular formula is C23H21NO. The number of fused-ring (bicyclic) bond motifs is 3. The van der Waals surface area contributed by atoms with Gasteiger partial charge in [0, 0.05) is 30.3 Å². The average Bonchev–Trinajstić information content (AvgIpc) is 3.35. The maximum absolute atomic E-state index is 5.62. The SMILES string of the molecule is c1coc(CN2CC3c4ccccc4C4CC3(C2)c2ccccc24)c1. The quantitative estimate of drug-likeness (QED) is 0.680. The zero-order chi connectivity index (χ0) is 16.4. The first kappa shape index (κ1) is 13.9. The Hall–Kier alpha value is -2.32. The van der Waals surface area contributed by atoms with Crippen LogP contribution in [0.2, 0.25) is 0 Å². The number of likely N-dealkylation sites (tertiary alicyclic amines) is 1. The molecule has 3 unspecified atom stereocenters. The van der Waals surface area contributed by atoms with Gasteiger partial charge in [-0.15, -0.1) is 0 Å². The van der Waals surface area contributed by atoms with Gasteiger partial charge in [0.05, 0.1) is 12.8 Å². The summed E-state index contributed by atoms with van der Waals surface area (Å²) < 4.78 is 5.62. The molecule has 2 aromatic carbocycles. The minimum Gasteiger partial charge on any atom is -0.468 e. The van der Waals surface area contributed by atoms with Crippen molar-refractivity contribution in [2.24, 2.45) is 0 Å². The molecule has 3 aliphatic rings. The third-order valence-electron chi connectivity index (χ3n) is 6.76. The van der Waals surface area contributed by atoms with E-state index < -0.39 is 0 Å². The molecule has 2 heteroatoms. The average molecular weight is 327 g/mol. The predicted octanol–water partition coefficient (Wildman–Crippen LogP) is 4.67. The summed E-state index contributed by atoms with van der Waals surface area (Å²) in [7, 11) is 0. The molecule has 3 aromatic rings. The summed E-state index contributed by atoms with van der Waals surface area (Å²) >= 11 is 0. The van der Waals surface area contributed by atoms with E-state index in [9.17, 15) is 0 Å². The van der Waals surface area contributed by atoms with Crippen LogP contribution in [0.25, 0.3) is 0 Å². The van der Waals surface area contributed by atoms with E-state index in [2.05, 4.69) is 59.5 Å². The monoisotopic (exact) mass is 327 g/mol. The fourth-order valence-electron chi connectivity index (χ4n) is 5.89. The van der Waals surface area contributed by atoms with Crippen LogP contribution in [0.4, 0.5) is 0 Å². The van der Waals surface area contributed by atoms with Gasteiger partial charge in [0.15, 0.2) is 0 Å². The summed E-state index contributed by atoms with van der Waals surface area (Å²) in [4.78, 5) is 2.60. The summed E-state index contributed by atoms with van der Waals surface area (Å²) in [5, 5.41) is 0. The lowest BCUT2D eigenvalue weighted by Crippen LogP contribution is -2.34. The highest BCUT2D eigenvalue weighted by Gasteiger charge is 2.57. The van der Waals surface area contributed by atoms with Crippen molar-refractivity contribution in [3.8, 4) is 0 Å². The number of nitrogens with zero attached hydrogens (tertiary/aromatic N) is 1. The van der Waals surface area contributed by atoms with Crippen LogP contribution in [0.15, 0.2) is 71.3 Å². The Morgan fingerprint density at radius 3 is 2.56 bits per heavy atom. The van der Waals surface area contributed by atoms with Gasteiger partial charge in [-0.05, 0) is 40.8 Å². The fourth-order valence-corrected chi connectivity index (χ4v) is 5.89. The minimum atomic E-state index is 0.280. The normalized spacial score (nSPS) is 29.3. The number of furan rings is 1. The van der Waals surface area contributed by atoms with Gasteiger partial charge in [-0.1, -0.05) is 48.5 Å². The van der Waals surface area contributed by atoms with Crippen molar-refractivity contribution in [1.29, 1.82) is 0 Å². The summed E-state index contributed by atoms with van der Waals surface area (Å²) in [5.41, 5.74) is 6.59. The lowest BCUT2D eigenvalue weighted by atomic mass is 9.65. The Balaban J connectivity index is 1.50. The van der Waals surface area contributed by atoms with Crippen molar-refractivity contribution in [2.75, 3.05) is 13.1 Å². The van der Waals surface area contributed by atoms with Crippen LogP contribution >= 0.6 is 0 Å². The number of benzene rings is 2. The van der Waals surface area contributed by atoms with E-state index in [1.165, 1.54) is 6.42 Å². The minimum absolute atomic E-state index is 0.280. The molecule has 2 heterocycles. The third kappa shape index (κ3) is 1.78. The van der Waals surface area contributed by atoms with Crippen LogP contribution in [0.5, 0.6) is 0 Å². The molecule has 1 fully saturated rings. The van der Waals surface area contributed by atoms with Crippen LogP contribution in [0.3, 0.4) is 0 Å². The molecule has 1 spiro atoms. The number of hydrogen-bond acceptors (Lipinski definition) is 2. The highest BCUT2D eigenvalue weighted by Crippen LogP contribution is 2.63. The molecule has 2 aliphatic carbocycles. The standard InChI is InChI=1S/C23H21NO/c1-2-8-18-17(7-1)20-12-23(21-10-4-3-9-19(20)21)15-24(14-22(18)23)13-16-6-5-11-25-16/h1-11,20,22H,12-15H2. The van der Waals surface area contributed by atoms with Crippen LogP contribution in [-0.2, 0) is 12.0 Å². The maximum Gasteiger partial charge on any atom is 0.117 e. The molecule has 1 aromatic heterocycles. The van der Waals surface area contributed by atoms with E-state index in [4.69, 9.17) is 4.42 Å².